The van der Waals surface area contributed by atoms with Gasteiger partial charge in [-0.15, -0.1) is 3.97 Å². The van der Waals surface area contributed by atoms with E-state index in [1.807, 2.05) is 121 Å². The second-order valence-corrected chi connectivity index (χ2v) is 17.1. The zero-order valence-electron chi connectivity index (χ0n) is 30.2. The van der Waals surface area contributed by atoms with Gasteiger partial charge in [-0.3, -0.25) is 0 Å². The molecule has 11 rings (SSSR count). The smallest absolute Gasteiger partial charge is 0.309 e. The minimum atomic E-state index is -5.12. The number of rotatable bonds is 4. The minimum Gasteiger partial charge on any atom is -0.309 e. The fourth-order valence-electron chi connectivity index (χ4n) is 8.90. The van der Waals surface area contributed by atoms with Crippen molar-refractivity contribution in [3.63, 3.8) is 0 Å². The Kier molecular flexibility index (Phi) is 7.23. The summed E-state index contributed by atoms with van der Waals surface area (Å²) in [5.74, 6) is 0. The van der Waals surface area contributed by atoms with Crippen molar-refractivity contribution in [2.75, 3.05) is 0 Å². The Morgan fingerprint density at radius 3 is 1.22 bits per heavy atom. The number of pyridine rings is 1. The van der Waals surface area contributed by atoms with Crippen molar-refractivity contribution in [1.29, 1.82) is 0 Å². The lowest BCUT2D eigenvalue weighted by molar-refractivity contribution is -0.490. The molecule has 6 aromatic carbocycles. The number of hydrogen-bond donors (Lipinski definition) is 0. The summed E-state index contributed by atoms with van der Waals surface area (Å²) in [4.78, 5) is 0.848. The highest BCUT2D eigenvalue weighted by Crippen LogP contribution is 2.67. The normalized spacial score (nSPS) is 14.4. The van der Waals surface area contributed by atoms with E-state index in [9.17, 15) is 13.2 Å². The lowest BCUT2D eigenvalue weighted by atomic mass is 10.1. The third-order valence-corrected chi connectivity index (χ3v) is 14.8. The summed E-state index contributed by atoms with van der Waals surface area (Å²) in [6, 6.07) is 51.3. The molecule has 0 N–H and O–H groups in total. The lowest BCUT2D eigenvalue weighted by Crippen LogP contribution is -2.40. The van der Waals surface area contributed by atoms with Crippen molar-refractivity contribution < 1.29 is 30.3 Å². The van der Waals surface area contributed by atoms with Crippen LogP contribution in [0.3, 0.4) is 0 Å². The summed E-state index contributed by atoms with van der Waals surface area (Å²) < 4.78 is 97.6. The van der Waals surface area contributed by atoms with Crippen LogP contribution in [0.2, 0.25) is 0 Å². The molecule has 0 saturated heterocycles. The van der Waals surface area contributed by atoms with Gasteiger partial charge in [-0.05, 0) is 84.9 Å². The number of hydrogen-bond acceptors (Lipinski definition) is 0. The van der Waals surface area contributed by atoms with Crippen molar-refractivity contribution in [2.45, 2.75) is 22.1 Å². The fraction of sp³-hybridized carbons (Fsp3) is 0.0426. The molecule has 5 heterocycles. The van der Waals surface area contributed by atoms with E-state index in [1.54, 1.807) is 46.6 Å². The van der Waals surface area contributed by atoms with E-state index >= 15 is 13.2 Å². The van der Waals surface area contributed by atoms with Crippen molar-refractivity contribution in [3.05, 3.63) is 187 Å². The standard InChI is InChI=1S/C47H29F6N4S/c48-46(49,50)38-29-44(47(51,52)53)57-45(38)43-19-9-10-28-54(43)58(57,32-24-20-30(21-25-32)55-39-15-5-1-11-34(39)35-12-2-6-16-40(35)55)33-26-22-31(23-27-33)56-41-17-7-3-13-36(41)37-14-4-8-18-42(37)56/h1-29H/q+1. The second-order valence-electron chi connectivity index (χ2n) is 14.3. The molecule has 10 aromatic rings. The molecule has 0 bridgehead atoms. The molecule has 1 aliphatic heterocycles. The first-order valence-electron chi connectivity index (χ1n) is 18.5. The van der Waals surface area contributed by atoms with Crippen LogP contribution in [-0.2, 0) is 12.4 Å². The first kappa shape index (κ1) is 34.5. The molecule has 0 amide bonds. The van der Waals surface area contributed by atoms with Gasteiger partial charge < -0.3 is 9.13 Å². The molecular formula is C47H29F6N4S+. The maximum Gasteiger partial charge on any atom is 0.432 e. The second kappa shape index (κ2) is 12.1. The van der Waals surface area contributed by atoms with Crippen LogP contribution in [0.5, 0.6) is 0 Å². The lowest BCUT2D eigenvalue weighted by Gasteiger charge is -2.34. The summed E-state index contributed by atoms with van der Waals surface area (Å²) >= 11 is 0. The van der Waals surface area contributed by atoms with Gasteiger partial charge in [-0.2, -0.15) is 26.3 Å². The van der Waals surface area contributed by atoms with Gasteiger partial charge in [0.1, 0.15) is 21.8 Å². The van der Waals surface area contributed by atoms with E-state index in [2.05, 4.69) is 9.13 Å². The molecule has 284 valence electrons. The highest BCUT2D eigenvalue weighted by Gasteiger charge is 2.58. The Morgan fingerprint density at radius 1 is 0.431 bits per heavy atom. The average molecular weight is 796 g/mol. The number of aromatic nitrogens is 4. The number of benzene rings is 6. The largest absolute Gasteiger partial charge is 0.432 e. The molecular weight excluding hydrogens is 767 g/mol. The fourth-order valence-corrected chi connectivity index (χ4v) is 12.8. The highest BCUT2D eigenvalue weighted by molar-refractivity contribution is 8.27. The quantitative estimate of drug-likeness (QED) is 0.125. The minimum absolute atomic E-state index is 0.0401. The van der Waals surface area contributed by atoms with Gasteiger partial charge in [0, 0.05) is 45.1 Å². The molecule has 0 spiro atoms. The van der Waals surface area contributed by atoms with Crippen LogP contribution >= 0.6 is 10.4 Å². The summed E-state index contributed by atoms with van der Waals surface area (Å²) in [7, 11) is -3.34. The zero-order valence-corrected chi connectivity index (χ0v) is 31.0. The van der Waals surface area contributed by atoms with Gasteiger partial charge in [-0.25, -0.2) is 3.97 Å². The summed E-state index contributed by atoms with van der Waals surface area (Å²) in [5.41, 5.74) is 2.12. The number of fused-ring (bicyclic) bond motifs is 9. The zero-order chi connectivity index (χ0) is 39.6. The van der Waals surface area contributed by atoms with E-state index in [-0.39, 0.29) is 11.8 Å². The summed E-state index contributed by atoms with van der Waals surface area (Å²) in [6.45, 7) is 0. The number of alkyl halides is 6. The van der Waals surface area contributed by atoms with Gasteiger partial charge in [-0.1, -0.05) is 72.8 Å². The Bertz CT molecular complexity index is 3000. The first-order chi connectivity index (χ1) is 28.1. The average Bonchev–Trinajstić information content (AvgIpc) is 3.97. The Morgan fingerprint density at radius 2 is 0.828 bits per heavy atom. The molecule has 4 nitrogen and oxygen atoms in total. The predicted octanol–water partition coefficient (Wildman–Crippen LogP) is 13.1. The van der Waals surface area contributed by atoms with Crippen LogP contribution in [0.25, 0.3) is 66.4 Å². The highest BCUT2D eigenvalue weighted by atomic mass is 32.3. The number of nitrogens with zero attached hydrogens (tertiary/aromatic N) is 4. The molecule has 11 heteroatoms. The topological polar surface area (TPSA) is 18.7 Å². The maximum atomic E-state index is 15.3. The van der Waals surface area contributed by atoms with Crippen LogP contribution in [0.15, 0.2) is 186 Å². The third-order valence-electron chi connectivity index (χ3n) is 11.2. The van der Waals surface area contributed by atoms with E-state index in [4.69, 9.17) is 0 Å². The van der Waals surface area contributed by atoms with E-state index in [1.165, 1.54) is 6.07 Å². The molecule has 1 aliphatic rings. The Balaban J connectivity index is 1.20. The summed E-state index contributed by atoms with van der Waals surface area (Å²) in [6.07, 6.45) is -8.59. The van der Waals surface area contributed by atoms with Crippen LogP contribution in [0, 0.1) is 0 Å². The Hall–Kier alpha value is -6.72. The molecule has 0 atom stereocenters. The van der Waals surface area contributed by atoms with Crippen LogP contribution < -0.4 is 3.97 Å². The van der Waals surface area contributed by atoms with Gasteiger partial charge in [0.15, 0.2) is 6.20 Å². The molecule has 58 heavy (non-hydrogen) atoms. The van der Waals surface area contributed by atoms with E-state index in [0.29, 0.717) is 9.79 Å². The van der Waals surface area contributed by atoms with E-state index < -0.39 is 39.7 Å². The van der Waals surface area contributed by atoms with Crippen LogP contribution in [0.4, 0.5) is 26.3 Å². The number of halogens is 6. The van der Waals surface area contributed by atoms with Crippen LogP contribution in [-0.4, -0.2) is 13.1 Å². The first-order valence-corrected chi connectivity index (χ1v) is 20.0. The van der Waals surface area contributed by atoms with Gasteiger partial charge in [0.25, 0.3) is 0 Å². The van der Waals surface area contributed by atoms with Crippen LogP contribution in [0.1, 0.15) is 11.3 Å². The molecule has 4 aromatic heterocycles. The third kappa shape index (κ3) is 4.70. The van der Waals surface area contributed by atoms with Gasteiger partial charge in [0.2, 0.25) is 5.69 Å². The SMILES string of the molecule is FC(F)(F)c1cc(C(F)(F)F)n2c1-c1cccc[n+]1S2(c1ccc(-n2c3ccccc3c3ccccc32)cc1)c1ccc(-n2c3ccccc3c3ccccc32)cc1. The summed E-state index contributed by atoms with van der Waals surface area (Å²) in [5, 5.41) is 4.16. The van der Waals surface area contributed by atoms with E-state index in [0.717, 1.165) is 59.0 Å². The van der Waals surface area contributed by atoms with Crippen molar-refractivity contribution in [2.24, 2.45) is 0 Å². The monoisotopic (exact) mass is 795 g/mol. The molecule has 0 saturated carbocycles. The van der Waals surface area contributed by atoms with Crippen molar-refractivity contribution >= 4 is 54.0 Å². The molecule has 0 fully saturated rings. The van der Waals surface area contributed by atoms with Gasteiger partial charge in [0.05, 0.1) is 37.4 Å². The number of para-hydroxylation sites is 4. The van der Waals surface area contributed by atoms with Crippen molar-refractivity contribution in [1.82, 2.24) is 13.1 Å². The Labute approximate surface area is 328 Å². The molecule has 0 unspecified atom stereocenters. The molecule has 0 radical (unpaired) electrons. The maximum absolute atomic E-state index is 15.3. The predicted molar refractivity (Wildman–Crippen MR) is 217 cm³/mol. The van der Waals surface area contributed by atoms with Crippen molar-refractivity contribution in [3.8, 4) is 22.8 Å². The molecule has 0 aliphatic carbocycles. The van der Waals surface area contributed by atoms with Gasteiger partial charge >= 0.3 is 12.4 Å².